The summed E-state index contributed by atoms with van der Waals surface area (Å²) in [6.07, 6.45) is 35.2. The predicted octanol–water partition coefficient (Wildman–Crippen LogP) is 13.8. The fraction of sp³-hybridized carbons (Fsp3) is 0.933. The van der Waals surface area contributed by atoms with Gasteiger partial charge in [-0.2, -0.15) is 0 Å². The second-order valence-electron chi connectivity index (χ2n) is 16.1. The van der Waals surface area contributed by atoms with E-state index in [-0.39, 0.29) is 31.1 Å². The molecule has 0 aromatic heterocycles. The second-order valence-corrected chi connectivity index (χ2v) is 16.1. The van der Waals surface area contributed by atoms with Gasteiger partial charge in [-0.3, -0.25) is 14.4 Å². The number of rotatable bonds is 39. The number of unbranched alkanes of at least 4 members (excludes halogenated alkanes) is 23. The molecule has 0 aromatic carbocycles. The Hall–Kier alpha value is -1.59. The zero-order valence-corrected chi connectivity index (χ0v) is 34.7. The van der Waals surface area contributed by atoms with Crippen molar-refractivity contribution < 1.29 is 28.6 Å². The highest BCUT2D eigenvalue weighted by atomic mass is 16.6. The molecular weight excluding hydrogens is 636 g/mol. The van der Waals surface area contributed by atoms with Gasteiger partial charge in [0.15, 0.2) is 6.10 Å². The molecule has 6 nitrogen and oxygen atoms in total. The minimum Gasteiger partial charge on any atom is -0.462 e. The maximum Gasteiger partial charge on any atom is 0.306 e. The third kappa shape index (κ3) is 38.0. The van der Waals surface area contributed by atoms with Crippen LogP contribution >= 0.6 is 0 Å². The van der Waals surface area contributed by atoms with E-state index in [0.29, 0.717) is 19.3 Å². The molecule has 1 unspecified atom stereocenters. The monoisotopic (exact) mass is 723 g/mol. The molecule has 51 heavy (non-hydrogen) atoms. The molecule has 0 aliphatic carbocycles. The number of hydrogen-bond acceptors (Lipinski definition) is 6. The molecule has 0 saturated heterocycles. The van der Waals surface area contributed by atoms with Crippen molar-refractivity contribution in [1.82, 2.24) is 0 Å². The fourth-order valence-corrected chi connectivity index (χ4v) is 6.54. The third-order valence-corrected chi connectivity index (χ3v) is 10.3. The molecule has 0 aliphatic rings. The molecule has 0 amide bonds. The molecule has 0 spiro atoms. The van der Waals surface area contributed by atoms with Crippen molar-refractivity contribution in [3.05, 3.63) is 0 Å². The summed E-state index contributed by atoms with van der Waals surface area (Å²) in [5.41, 5.74) is 0. The highest BCUT2D eigenvalue weighted by molar-refractivity contribution is 5.71. The summed E-state index contributed by atoms with van der Waals surface area (Å²) < 4.78 is 16.7. The van der Waals surface area contributed by atoms with Crippen LogP contribution < -0.4 is 0 Å². The first-order chi connectivity index (χ1) is 24.8. The minimum absolute atomic E-state index is 0.0660. The summed E-state index contributed by atoms with van der Waals surface area (Å²) in [5, 5.41) is 0. The largest absolute Gasteiger partial charge is 0.462 e. The molecule has 0 rings (SSSR count). The molecule has 2 atom stereocenters. The van der Waals surface area contributed by atoms with Crippen LogP contribution in [-0.4, -0.2) is 37.2 Å². The Balaban J connectivity index is 4.34. The molecular formula is C45H86O6. The van der Waals surface area contributed by atoms with Gasteiger partial charge in [-0.1, -0.05) is 202 Å². The van der Waals surface area contributed by atoms with E-state index in [2.05, 4.69) is 34.6 Å². The summed E-state index contributed by atoms with van der Waals surface area (Å²) in [7, 11) is 0. The molecule has 0 radical (unpaired) electrons. The first-order valence-corrected chi connectivity index (χ1v) is 22.3. The van der Waals surface area contributed by atoms with Crippen molar-refractivity contribution >= 4 is 17.9 Å². The molecule has 302 valence electrons. The Morgan fingerprint density at radius 1 is 0.412 bits per heavy atom. The normalized spacial score (nSPS) is 12.6. The summed E-state index contributed by atoms with van der Waals surface area (Å²) in [6.45, 7) is 11.3. The van der Waals surface area contributed by atoms with Crippen molar-refractivity contribution in [3.8, 4) is 0 Å². The van der Waals surface area contributed by atoms with E-state index in [9.17, 15) is 14.4 Å². The van der Waals surface area contributed by atoms with Gasteiger partial charge in [-0.25, -0.2) is 0 Å². The lowest BCUT2D eigenvalue weighted by molar-refractivity contribution is -0.167. The van der Waals surface area contributed by atoms with E-state index in [0.717, 1.165) is 69.6 Å². The van der Waals surface area contributed by atoms with Gasteiger partial charge in [0.2, 0.25) is 0 Å². The average Bonchev–Trinajstić information content (AvgIpc) is 3.11. The maximum atomic E-state index is 12.7. The number of ether oxygens (including phenoxy) is 3. The van der Waals surface area contributed by atoms with E-state index in [1.807, 2.05) is 0 Å². The van der Waals surface area contributed by atoms with Gasteiger partial charge in [-0.15, -0.1) is 0 Å². The number of carbonyl (C=O) groups is 3. The minimum atomic E-state index is -0.760. The highest BCUT2D eigenvalue weighted by Crippen LogP contribution is 2.17. The lowest BCUT2D eigenvalue weighted by Crippen LogP contribution is -2.30. The SMILES string of the molecule is CCCCCCCCCCCCC(=O)OC[C@H](COC(=O)CCCCCCCCCCCCC(C)C)OC(=O)CCCCCCCCC(C)CC. The van der Waals surface area contributed by atoms with Crippen LogP contribution in [0.15, 0.2) is 0 Å². The predicted molar refractivity (Wildman–Crippen MR) is 215 cm³/mol. The van der Waals surface area contributed by atoms with Crippen LogP contribution in [0.4, 0.5) is 0 Å². The van der Waals surface area contributed by atoms with Crippen molar-refractivity contribution in [3.63, 3.8) is 0 Å². The van der Waals surface area contributed by atoms with Crippen molar-refractivity contribution in [2.75, 3.05) is 13.2 Å². The summed E-state index contributed by atoms with van der Waals surface area (Å²) >= 11 is 0. The molecule has 0 bridgehead atoms. The standard InChI is InChI=1S/C45H86O6/c1-6-8-9-10-11-12-16-19-25-30-35-43(46)49-38-42(51-45(48)37-32-27-22-21-24-29-34-41(5)7-2)39-50-44(47)36-31-26-20-17-14-13-15-18-23-28-33-40(3)4/h40-42H,6-39H2,1-5H3/t41?,42-/m1/s1. The average molecular weight is 723 g/mol. The highest BCUT2D eigenvalue weighted by Gasteiger charge is 2.19. The Bertz CT molecular complexity index is 781. The molecule has 0 heterocycles. The molecule has 6 heteroatoms. The summed E-state index contributed by atoms with van der Waals surface area (Å²) in [6, 6.07) is 0. The van der Waals surface area contributed by atoms with Crippen LogP contribution in [0.5, 0.6) is 0 Å². The van der Waals surface area contributed by atoms with E-state index in [1.165, 1.54) is 128 Å². The number of hydrogen-bond donors (Lipinski definition) is 0. The maximum absolute atomic E-state index is 12.7. The van der Waals surface area contributed by atoms with Crippen LogP contribution in [-0.2, 0) is 28.6 Å². The first kappa shape index (κ1) is 49.4. The van der Waals surface area contributed by atoms with Crippen LogP contribution in [0.3, 0.4) is 0 Å². The van der Waals surface area contributed by atoms with Crippen LogP contribution in [0.2, 0.25) is 0 Å². The van der Waals surface area contributed by atoms with Gasteiger partial charge < -0.3 is 14.2 Å². The second kappa shape index (κ2) is 38.1. The molecule has 0 N–H and O–H groups in total. The van der Waals surface area contributed by atoms with E-state index >= 15 is 0 Å². The third-order valence-electron chi connectivity index (χ3n) is 10.3. The summed E-state index contributed by atoms with van der Waals surface area (Å²) in [4.78, 5) is 37.6. The zero-order chi connectivity index (χ0) is 37.6. The van der Waals surface area contributed by atoms with E-state index in [4.69, 9.17) is 14.2 Å². The number of esters is 3. The van der Waals surface area contributed by atoms with Crippen molar-refractivity contribution in [2.24, 2.45) is 11.8 Å². The molecule has 0 aromatic rings. The quantitative estimate of drug-likeness (QED) is 0.0357. The van der Waals surface area contributed by atoms with Gasteiger partial charge in [0.25, 0.3) is 0 Å². The van der Waals surface area contributed by atoms with E-state index < -0.39 is 6.10 Å². The van der Waals surface area contributed by atoms with Gasteiger partial charge >= 0.3 is 17.9 Å². The van der Waals surface area contributed by atoms with Crippen molar-refractivity contribution in [1.29, 1.82) is 0 Å². The Morgan fingerprint density at radius 3 is 1.12 bits per heavy atom. The summed E-state index contributed by atoms with van der Waals surface area (Å²) in [5.74, 6) is 0.765. The molecule has 0 fully saturated rings. The van der Waals surface area contributed by atoms with Gasteiger partial charge in [0.1, 0.15) is 13.2 Å². The lowest BCUT2D eigenvalue weighted by atomic mass is 10.00. The van der Waals surface area contributed by atoms with Gasteiger partial charge in [0, 0.05) is 19.3 Å². The Labute approximate surface area is 317 Å². The zero-order valence-electron chi connectivity index (χ0n) is 34.7. The van der Waals surface area contributed by atoms with Crippen molar-refractivity contribution in [2.45, 2.75) is 246 Å². The van der Waals surface area contributed by atoms with Gasteiger partial charge in [0.05, 0.1) is 0 Å². The topological polar surface area (TPSA) is 78.9 Å². The number of carbonyl (C=O) groups excluding carboxylic acids is 3. The first-order valence-electron chi connectivity index (χ1n) is 22.3. The molecule has 0 aliphatic heterocycles. The lowest BCUT2D eigenvalue weighted by Gasteiger charge is -2.18. The Morgan fingerprint density at radius 2 is 0.745 bits per heavy atom. The van der Waals surface area contributed by atoms with Crippen LogP contribution in [0.25, 0.3) is 0 Å². The Kier molecular flexibility index (Phi) is 37.0. The van der Waals surface area contributed by atoms with Crippen LogP contribution in [0, 0.1) is 11.8 Å². The smallest absolute Gasteiger partial charge is 0.306 e. The fourth-order valence-electron chi connectivity index (χ4n) is 6.54. The van der Waals surface area contributed by atoms with E-state index in [1.54, 1.807) is 0 Å². The molecule has 0 saturated carbocycles. The van der Waals surface area contributed by atoms with Crippen LogP contribution in [0.1, 0.15) is 240 Å². The van der Waals surface area contributed by atoms with Gasteiger partial charge in [-0.05, 0) is 31.1 Å².